The van der Waals surface area contributed by atoms with Crippen molar-refractivity contribution < 1.29 is 28.4 Å². The molecule has 1 aromatic rings. The molecule has 0 radical (unpaired) electrons. The van der Waals surface area contributed by atoms with Crippen LogP contribution in [0.25, 0.3) is 0 Å². The van der Waals surface area contributed by atoms with Gasteiger partial charge in [-0.2, -0.15) is 0 Å². The third kappa shape index (κ3) is 6.80. The average molecular weight is 584 g/mol. The molecule has 1 spiro atoms. The molecule has 3 aliphatic rings. The number of nitrogens with zero attached hydrogens (tertiary/aromatic N) is 1. The van der Waals surface area contributed by atoms with E-state index in [4.69, 9.17) is 14.0 Å². The predicted molar refractivity (Wildman–Crippen MR) is 163 cm³/mol. The summed E-state index contributed by atoms with van der Waals surface area (Å²) in [7, 11) is -0.333. The summed E-state index contributed by atoms with van der Waals surface area (Å²) < 4.78 is 18.2. The molecule has 10 heteroatoms. The summed E-state index contributed by atoms with van der Waals surface area (Å²) in [6, 6.07) is 9.62. The van der Waals surface area contributed by atoms with Crippen LogP contribution >= 0.6 is 0 Å². The van der Waals surface area contributed by atoms with Crippen LogP contribution in [0.1, 0.15) is 99.5 Å². The number of hydrogen-bond acceptors (Lipinski definition) is 6. The lowest BCUT2D eigenvalue weighted by molar-refractivity contribution is -0.136. The summed E-state index contributed by atoms with van der Waals surface area (Å²) in [5.41, 5.74) is -2.13. The van der Waals surface area contributed by atoms with Gasteiger partial charge in [0.15, 0.2) is 0 Å². The van der Waals surface area contributed by atoms with Gasteiger partial charge >= 0.3 is 13.2 Å². The second-order valence-electron chi connectivity index (χ2n) is 14.6. The fourth-order valence-corrected chi connectivity index (χ4v) is 6.98. The van der Waals surface area contributed by atoms with Crippen molar-refractivity contribution in [1.82, 2.24) is 15.5 Å². The molecule has 2 heterocycles. The van der Waals surface area contributed by atoms with Crippen molar-refractivity contribution in [2.45, 2.75) is 135 Å². The van der Waals surface area contributed by atoms with E-state index >= 15 is 0 Å². The lowest BCUT2D eigenvalue weighted by Crippen LogP contribution is -2.64. The molecule has 1 saturated carbocycles. The molecule has 3 atom stereocenters. The van der Waals surface area contributed by atoms with Gasteiger partial charge in [-0.3, -0.25) is 9.59 Å². The molecule has 2 saturated heterocycles. The number of amides is 3. The third-order valence-corrected chi connectivity index (χ3v) is 9.54. The summed E-state index contributed by atoms with van der Waals surface area (Å²) in [6.07, 6.45) is 4.26. The van der Waals surface area contributed by atoms with E-state index < -0.39 is 27.8 Å². The predicted octanol–water partition coefficient (Wildman–Crippen LogP) is 5.23. The van der Waals surface area contributed by atoms with Gasteiger partial charge in [0.2, 0.25) is 11.8 Å². The summed E-state index contributed by atoms with van der Waals surface area (Å²) in [6.45, 7) is 16.2. The quantitative estimate of drug-likeness (QED) is 0.406. The molecule has 9 nitrogen and oxygen atoms in total. The number of ether oxygens (including phenoxy) is 1. The summed E-state index contributed by atoms with van der Waals surface area (Å²) in [5, 5.41) is 6.26. The van der Waals surface area contributed by atoms with E-state index in [1.165, 1.54) is 6.92 Å². The number of carbonyl (C=O) groups excluding carboxylic acids is 3. The van der Waals surface area contributed by atoms with Gasteiger partial charge in [0.1, 0.15) is 12.1 Å². The molecule has 1 aromatic carbocycles. The molecule has 2 aliphatic heterocycles. The molecule has 2 N–H and O–H groups in total. The smallest absolute Gasteiger partial charge is 0.445 e. The highest BCUT2D eigenvalue weighted by Crippen LogP contribution is 2.53. The van der Waals surface area contributed by atoms with Gasteiger partial charge in [-0.25, -0.2) is 4.79 Å². The molecule has 1 aliphatic carbocycles. The van der Waals surface area contributed by atoms with E-state index in [0.717, 1.165) is 24.8 Å². The van der Waals surface area contributed by atoms with Crippen LogP contribution < -0.4 is 10.6 Å². The zero-order chi connectivity index (χ0) is 31.0. The largest absolute Gasteiger partial charge is 0.457 e. The molecule has 42 heavy (non-hydrogen) atoms. The Kier molecular flexibility index (Phi) is 9.11. The van der Waals surface area contributed by atoms with Crippen LogP contribution in [0.3, 0.4) is 0 Å². The zero-order valence-corrected chi connectivity index (χ0v) is 26.8. The van der Waals surface area contributed by atoms with Crippen LogP contribution in [0, 0.1) is 5.92 Å². The highest BCUT2D eigenvalue weighted by Gasteiger charge is 2.63. The normalized spacial score (nSPS) is 28.2. The van der Waals surface area contributed by atoms with Crippen molar-refractivity contribution in [3.63, 3.8) is 0 Å². The van der Waals surface area contributed by atoms with E-state index in [9.17, 15) is 14.4 Å². The monoisotopic (exact) mass is 583 g/mol. The van der Waals surface area contributed by atoms with E-state index in [1.54, 1.807) is 0 Å². The van der Waals surface area contributed by atoms with Gasteiger partial charge in [-0.15, -0.1) is 0 Å². The lowest BCUT2D eigenvalue weighted by atomic mass is 9.77. The van der Waals surface area contributed by atoms with Crippen molar-refractivity contribution in [2.24, 2.45) is 5.92 Å². The molecule has 3 amide bonds. The molecule has 0 aromatic heterocycles. The van der Waals surface area contributed by atoms with Gasteiger partial charge in [-0.05, 0) is 92.0 Å². The Bertz CT molecular complexity index is 1140. The van der Waals surface area contributed by atoms with Crippen molar-refractivity contribution >= 4 is 25.0 Å². The highest BCUT2D eigenvalue weighted by atomic mass is 16.7. The number of carbonyl (C=O) groups is 3. The Hall–Kier alpha value is -2.59. The molecule has 3 fully saturated rings. The zero-order valence-electron chi connectivity index (χ0n) is 26.8. The van der Waals surface area contributed by atoms with E-state index in [1.807, 2.05) is 83.7 Å². The summed E-state index contributed by atoms with van der Waals surface area (Å²) in [5.74, 6) is -0.649. The molecule has 0 bridgehead atoms. The van der Waals surface area contributed by atoms with E-state index in [2.05, 4.69) is 10.6 Å². The second-order valence-corrected chi connectivity index (χ2v) is 14.6. The molecule has 232 valence electrons. The minimum absolute atomic E-state index is 0.186. The maximum absolute atomic E-state index is 14.1. The van der Waals surface area contributed by atoms with Gasteiger partial charge in [-0.1, -0.05) is 36.8 Å². The lowest BCUT2D eigenvalue weighted by Gasteiger charge is -2.39. The molecular weight excluding hydrogens is 533 g/mol. The number of nitrogens with one attached hydrogen (secondary N) is 2. The van der Waals surface area contributed by atoms with Crippen LogP contribution in [0.5, 0.6) is 0 Å². The van der Waals surface area contributed by atoms with Crippen molar-refractivity contribution in [2.75, 3.05) is 6.54 Å². The highest BCUT2D eigenvalue weighted by molar-refractivity contribution is 6.45. The first-order valence-corrected chi connectivity index (χ1v) is 15.4. The second kappa shape index (κ2) is 11.8. The van der Waals surface area contributed by atoms with Crippen LogP contribution in [-0.2, 0) is 30.2 Å². The minimum atomic E-state index is -1.16. The van der Waals surface area contributed by atoms with Gasteiger partial charge in [0, 0.05) is 31.0 Å². The summed E-state index contributed by atoms with van der Waals surface area (Å²) in [4.78, 5) is 42.2. The van der Waals surface area contributed by atoms with E-state index in [0.29, 0.717) is 32.1 Å². The molecular formula is C32H50BN3O6. The van der Waals surface area contributed by atoms with Crippen molar-refractivity contribution in [3.8, 4) is 0 Å². The fourth-order valence-electron chi connectivity index (χ4n) is 6.98. The van der Waals surface area contributed by atoms with Crippen LogP contribution in [-0.4, -0.2) is 64.3 Å². The van der Waals surface area contributed by atoms with Crippen molar-refractivity contribution in [1.29, 1.82) is 0 Å². The first-order chi connectivity index (χ1) is 19.5. The average Bonchev–Trinajstić information content (AvgIpc) is 3.48. The number of likely N-dealkylation sites (tertiary alicyclic amines) is 1. The summed E-state index contributed by atoms with van der Waals surface area (Å²) >= 11 is 0. The first-order valence-electron chi connectivity index (χ1n) is 15.4. The van der Waals surface area contributed by atoms with Crippen LogP contribution in [0.15, 0.2) is 30.3 Å². The Labute approximate surface area is 251 Å². The van der Waals surface area contributed by atoms with Gasteiger partial charge < -0.3 is 29.6 Å². The Morgan fingerprint density at radius 1 is 1.07 bits per heavy atom. The topological polar surface area (TPSA) is 106 Å². The number of hydrogen-bond donors (Lipinski definition) is 2. The van der Waals surface area contributed by atoms with Gasteiger partial charge in [0.05, 0.1) is 11.2 Å². The maximum Gasteiger partial charge on any atom is 0.457 e. The SMILES string of the molecule is CC(=O)NC1(C(=O)NC(C)(C)C)CC2(CCCN2C(=O)OCc2ccccc2)CC1CCCB1OC(C)(C)C(C)(C)O1. The van der Waals surface area contributed by atoms with Crippen LogP contribution in [0.2, 0.25) is 6.32 Å². The van der Waals surface area contributed by atoms with Crippen LogP contribution in [0.4, 0.5) is 4.79 Å². The molecule has 3 unspecified atom stereocenters. The van der Waals surface area contributed by atoms with E-state index in [-0.39, 0.29) is 37.6 Å². The molecule has 4 rings (SSSR count). The minimum Gasteiger partial charge on any atom is -0.445 e. The Morgan fingerprint density at radius 2 is 1.71 bits per heavy atom. The van der Waals surface area contributed by atoms with Crippen molar-refractivity contribution in [3.05, 3.63) is 35.9 Å². The van der Waals surface area contributed by atoms with Gasteiger partial charge in [0.25, 0.3) is 0 Å². The third-order valence-electron chi connectivity index (χ3n) is 9.54. The Morgan fingerprint density at radius 3 is 2.31 bits per heavy atom. The maximum atomic E-state index is 14.1. The number of benzene rings is 1. The number of rotatable bonds is 8. The standard InChI is InChI=1S/C32H50BN3O6/c1-23(37)34-32(26(38)35-28(2,3)4)22-31(17-13-19-36(31)27(39)40-21-24-14-10-9-11-15-24)20-25(32)16-12-18-33-41-29(5,6)30(7,8)42-33/h9-11,14-15,25H,12-13,16-22H2,1-8H3,(H,34,37)(H,35,38). The Balaban J connectivity index is 1.57. The first kappa shape index (κ1) is 32.3. The fraction of sp³-hybridized carbons (Fsp3) is 0.719.